The molecule has 0 radical (unpaired) electrons. The molecule has 0 spiro atoms. The van der Waals surface area contributed by atoms with Crippen molar-refractivity contribution >= 4 is 11.4 Å². The first-order chi connectivity index (χ1) is 8.82. The Bertz CT molecular complexity index is 452. The summed E-state index contributed by atoms with van der Waals surface area (Å²) in [7, 11) is 1.74. The second-order valence-electron chi connectivity index (χ2n) is 5.01. The number of anilines is 1. The van der Waals surface area contributed by atoms with Gasteiger partial charge in [-0.2, -0.15) is 0 Å². The Morgan fingerprint density at radius 1 is 1.47 bits per heavy atom. The van der Waals surface area contributed by atoms with E-state index in [0.29, 0.717) is 18.2 Å². The van der Waals surface area contributed by atoms with Gasteiger partial charge in [0.25, 0.3) is 5.69 Å². The Balaban J connectivity index is 2.82. The highest BCUT2D eigenvalue weighted by atomic mass is 19.1. The van der Waals surface area contributed by atoms with Crippen LogP contribution in [0.5, 0.6) is 0 Å². The summed E-state index contributed by atoms with van der Waals surface area (Å²) in [6.07, 6.45) is 0.725. The molecule has 0 aliphatic carbocycles. The standard InChI is InChI=1S/C13H20FN3O2/c1-9(2)11(15)6-7-16(3)12-5-4-10(14)8-13(12)17(18)19/h4-5,8-9,11H,6-7,15H2,1-3H3. The Morgan fingerprint density at radius 3 is 2.63 bits per heavy atom. The number of nitrogens with zero attached hydrogens (tertiary/aromatic N) is 2. The summed E-state index contributed by atoms with van der Waals surface area (Å²) < 4.78 is 13.0. The molecule has 0 aromatic heterocycles. The molecule has 5 nitrogen and oxygen atoms in total. The van der Waals surface area contributed by atoms with E-state index in [9.17, 15) is 14.5 Å². The van der Waals surface area contributed by atoms with Crippen molar-refractivity contribution in [2.45, 2.75) is 26.3 Å². The van der Waals surface area contributed by atoms with Gasteiger partial charge in [-0.05, 0) is 24.5 Å². The Labute approximate surface area is 112 Å². The van der Waals surface area contributed by atoms with Crippen LogP contribution in [-0.4, -0.2) is 24.6 Å². The third kappa shape index (κ3) is 4.17. The highest BCUT2D eigenvalue weighted by Crippen LogP contribution is 2.28. The van der Waals surface area contributed by atoms with E-state index < -0.39 is 10.7 Å². The van der Waals surface area contributed by atoms with E-state index in [4.69, 9.17) is 5.73 Å². The second kappa shape index (κ2) is 6.47. The molecule has 0 aliphatic rings. The lowest BCUT2D eigenvalue weighted by atomic mass is 10.0. The molecule has 6 heteroatoms. The lowest BCUT2D eigenvalue weighted by Crippen LogP contribution is -2.32. The van der Waals surface area contributed by atoms with E-state index in [1.807, 2.05) is 13.8 Å². The quantitative estimate of drug-likeness (QED) is 0.636. The van der Waals surface area contributed by atoms with Crippen molar-refractivity contribution < 1.29 is 9.31 Å². The van der Waals surface area contributed by atoms with Crippen molar-refractivity contribution in [2.24, 2.45) is 11.7 Å². The largest absolute Gasteiger partial charge is 0.369 e. The van der Waals surface area contributed by atoms with Crippen molar-refractivity contribution in [1.29, 1.82) is 0 Å². The zero-order chi connectivity index (χ0) is 14.6. The van der Waals surface area contributed by atoms with Crippen LogP contribution in [0.3, 0.4) is 0 Å². The van der Waals surface area contributed by atoms with Gasteiger partial charge in [-0.25, -0.2) is 4.39 Å². The lowest BCUT2D eigenvalue weighted by Gasteiger charge is -2.22. The summed E-state index contributed by atoms with van der Waals surface area (Å²) in [6, 6.07) is 3.63. The summed E-state index contributed by atoms with van der Waals surface area (Å²) in [5, 5.41) is 10.9. The number of nitrogens with two attached hydrogens (primary N) is 1. The van der Waals surface area contributed by atoms with Crippen LogP contribution < -0.4 is 10.6 Å². The number of benzene rings is 1. The van der Waals surface area contributed by atoms with Gasteiger partial charge in [0.05, 0.1) is 11.0 Å². The highest BCUT2D eigenvalue weighted by molar-refractivity contribution is 5.62. The van der Waals surface area contributed by atoms with Gasteiger partial charge in [-0.3, -0.25) is 10.1 Å². The molecule has 0 aliphatic heterocycles. The summed E-state index contributed by atoms with van der Waals surface area (Å²) in [5.41, 5.74) is 6.13. The summed E-state index contributed by atoms with van der Waals surface area (Å²) in [6.45, 7) is 4.65. The molecule has 1 aromatic carbocycles. The molecule has 1 rings (SSSR count). The molecule has 0 bridgehead atoms. The van der Waals surface area contributed by atoms with Gasteiger partial charge in [-0.1, -0.05) is 13.8 Å². The van der Waals surface area contributed by atoms with Crippen LogP contribution in [-0.2, 0) is 0 Å². The molecule has 2 N–H and O–H groups in total. The normalized spacial score (nSPS) is 12.5. The number of nitro benzene ring substituents is 1. The van der Waals surface area contributed by atoms with E-state index in [2.05, 4.69) is 0 Å². The van der Waals surface area contributed by atoms with Gasteiger partial charge >= 0.3 is 0 Å². The van der Waals surface area contributed by atoms with Crippen molar-refractivity contribution in [3.63, 3.8) is 0 Å². The third-order valence-corrected chi connectivity index (χ3v) is 3.20. The second-order valence-corrected chi connectivity index (χ2v) is 5.01. The fourth-order valence-corrected chi connectivity index (χ4v) is 1.76. The van der Waals surface area contributed by atoms with Crippen LogP contribution in [0.2, 0.25) is 0 Å². The molecule has 1 aromatic rings. The minimum Gasteiger partial charge on any atom is -0.369 e. The molecule has 19 heavy (non-hydrogen) atoms. The zero-order valence-corrected chi connectivity index (χ0v) is 11.5. The minimum absolute atomic E-state index is 0.0435. The van der Waals surface area contributed by atoms with Crippen molar-refractivity contribution in [3.8, 4) is 0 Å². The maximum Gasteiger partial charge on any atom is 0.295 e. The van der Waals surface area contributed by atoms with E-state index in [1.54, 1.807) is 11.9 Å². The number of hydrogen-bond acceptors (Lipinski definition) is 4. The summed E-state index contributed by atoms with van der Waals surface area (Å²) in [5.74, 6) is -0.251. The average Bonchev–Trinajstić information content (AvgIpc) is 2.35. The van der Waals surface area contributed by atoms with Gasteiger partial charge in [-0.15, -0.1) is 0 Å². The van der Waals surface area contributed by atoms with Gasteiger partial charge in [0.1, 0.15) is 11.5 Å². The molecule has 1 atom stereocenters. The van der Waals surface area contributed by atoms with Gasteiger partial charge in [0, 0.05) is 19.6 Å². The molecular formula is C13H20FN3O2. The molecule has 0 saturated carbocycles. The Morgan fingerprint density at radius 2 is 2.11 bits per heavy atom. The van der Waals surface area contributed by atoms with Crippen LogP contribution in [0.25, 0.3) is 0 Å². The number of halogens is 1. The van der Waals surface area contributed by atoms with Crippen LogP contribution in [0, 0.1) is 21.8 Å². The van der Waals surface area contributed by atoms with Crippen molar-refractivity contribution in [3.05, 3.63) is 34.1 Å². The smallest absolute Gasteiger partial charge is 0.295 e. The van der Waals surface area contributed by atoms with Crippen LogP contribution >= 0.6 is 0 Å². The number of hydrogen-bond donors (Lipinski definition) is 1. The first-order valence-corrected chi connectivity index (χ1v) is 6.23. The molecule has 0 heterocycles. The summed E-state index contributed by atoms with van der Waals surface area (Å²) in [4.78, 5) is 12.1. The predicted octanol–water partition coefficient (Wildman–Crippen LogP) is 2.54. The molecule has 0 saturated heterocycles. The van der Waals surface area contributed by atoms with Crippen LogP contribution in [0.15, 0.2) is 18.2 Å². The molecular weight excluding hydrogens is 249 g/mol. The SMILES string of the molecule is CC(C)C(N)CCN(C)c1ccc(F)cc1[N+](=O)[O-]. The van der Waals surface area contributed by atoms with Crippen molar-refractivity contribution in [2.75, 3.05) is 18.5 Å². The van der Waals surface area contributed by atoms with E-state index in [-0.39, 0.29) is 11.7 Å². The van der Waals surface area contributed by atoms with Crippen LogP contribution in [0.4, 0.5) is 15.8 Å². The number of nitro groups is 1. The zero-order valence-electron chi connectivity index (χ0n) is 11.5. The fourth-order valence-electron chi connectivity index (χ4n) is 1.76. The highest BCUT2D eigenvalue weighted by Gasteiger charge is 2.19. The van der Waals surface area contributed by atoms with Crippen molar-refractivity contribution in [1.82, 2.24) is 0 Å². The lowest BCUT2D eigenvalue weighted by molar-refractivity contribution is -0.384. The van der Waals surface area contributed by atoms with E-state index >= 15 is 0 Å². The first kappa shape index (κ1) is 15.4. The molecule has 1 unspecified atom stereocenters. The minimum atomic E-state index is -0.609. The monoisotopic (exact) mass is 269 g/mol. The van der Waals surface area contributed by atoms with Crippen LogP contribution in [0.1, 0.15) is 20.3 Å². The van der Waals surface area contributed by atoms with Gasteiger partial charge in [0.15, 0.2) is 0 Å². The van der Waals surface area contributed by atoms with Gasteiger partial charge < -0.3 is 10.6 Å². The average molecular weight is 269 g/mol. The molecule has 106 valence electrons. The van der Waals surface area contributed by atoms with E-state index in [0.717, 1.165) is 12.5 Å². The molecule has 0 amide bonds. The Kier molecular flexibility index (Phi) is 5.23. The first-order valence-electron chi connectivity index (χ1n) is 6.23. The number of rotatable bonds is 6. The maximum atomic E-state index is 13.0. The Hall–Kier alpha value is -1.69. The van der Waals surface area contributed by atoms with E-state index in [1.165, 1.54) is 12.1 Å². The maximum absolute atomic E-state index is 13.0. The predicted molar refractivity (Wildman–Crippen MR) is 73.8 cm³/mol. The topological polar surface area (TPSA) is 72.4 Å². The third-order valence-electron chi connectivity index (χ3n) is 3.20. The summed E-state index contributed by atoms with van der Waals surface area (Å²) >= 11 is 0. The van der Waals surface area contributed by atoms with Gasteiger partial charge in [0.2, 0.25) is 0 Å². The fraction of sp³-hybridized carbons (Fsp3) is 0.538. The molecule has 0 fully saturated rings.